The van der Waals surface area contributed by atoms with Crippen LogP contribution < -0.4 is 16.4 Å². The van der Waals surface area contributed by atoms with Gasteiger partial charge in [-0.05, 0) is 43.4 Å². The molecule has 0 aliphatic heterocycles. The van der Waals surface area contributed by atoms with Gasteiger partial charge in [-0.25, -0.2) is 0 Å². The predicted molar refractivity (Wildman–Crippen MR) is 122 cm³/mol. The predicted octanol–water partition coefficient (Wildman–Crippen LogP) is 3.02. The van der Waals surface area contributed by atoms with Gasteiger partial charge in [0.1, 0.15) is 0 Å². The van der Waals surface area contributed by atoms with Gasteiger partial charge in [-0.2, -0.15) is 0 Å². The minimum Gasteiger partial charge on any atom is -0.345 e. The third-order valence-corrected chi connectivity index (χ3v) is 5.74. The van der Waals surface area contributed by atoms with Crippen LogP contribution in [0.1, 0.15) is 44.7 Å². The van der Waals surface area contributed by atoms with E-state index in [2.05, 4.69) is 10.6 Å². The first kappa shape index (κ1) is 23.8. The molecule has 30 heavy (non-hydrogen) atoms. The Kier molecular flexibility index (Phi) is 9.21. The van der Waals surface area contributed by atoms with Crippen LogP contribution in [0, 0.1) is 0 Å². The molecule has 2 atom stereocenters. The van der Waals surface area contributed by atoms with E-state index in [-0.39, 0.29) is 11.7 Å². The van der Waals surface area contributed by atoms with Gasteiger partial charge in [-0.1, -0.05) is 81.4 Å². The molecule has 2 unspecified atom stereocenters. The standard InChI is InChI=1S/C25H35N3O2/c1-4-25(5-2,27-6-3)23(29)22(18-20-15-11-8-12-16-20)28-24(30)21(26)17-19-13-9-7-10-14-19/h7-16,21-22,27H,4-6,17-18,26H2,1-3H3,(H,28,30). The highest BCUT2D eigenvalue weighted by Crippen LogP contribution is 2.20. The summed E-state index contributed by atoms with van der Waals surface area (Å²) in [4.78, 5) is 26.5. The zero-order valence-electron chi connectivity index (χ0n) is 18.4. The Balaban J connectivity index is 2.22. The van der Waals surface area contributed by atoms with Crippen molar-refractivity contribution < 1.29 is 9.59 Å². The van der Waals surface area contributed by atoms with Crippen LogP contribution in [0.3, 0.4) is 0 Å². The summed E-state index contributed by atoms with van der Waals surface area (Å²) in [5.41, 5.74) is 7.52. The molecule has 2 aromatic rings. The van der Waals surface area contributed by atoms with Gasteiger partial charge in [0.25, 0.3) is 0 Å². The highest BCUT2D eigenvalue weighted by Gasteiger charge is 2.39. The monoisotopic (exact) mass is 409 g/mol. The molecular formula is C25H35N3O2. The van der Waals surface area contributed by atoms with E-state index in [1.165, 1.54) is 0 Å². The molecule has 0 radical (unpaired) electrons. The summed E-state index contributed by atoms with van der Waals surface area (Å²) in [6.07, 6.45) is 2.19. The second kappa shape index (κ2) is 11.6. The number of carbonyl (C=O) groups excluding carboxylic acids is 2. The summed E-state index contributed by atoms with van der Waals surface area (Å²) in [6.45, 7) is 6.69. The van der Waals surface area contributed by atoms with E-state index in [0.717, 1.165) is 11.1 Å². The van der Waals surface area contributed by atoms with Crippen LogP contribution in [-0.4, -0.2) is 35.9 Å². The summed E-state index contributed by atoms with van der Waals surface area (Å²) in [7, 11) is 0. The van der Waals surface area contributed by atoms with E-state index < -0.39 is 17.6 Å². The Hall–Kier alpha value is -2.50. The maximum absolute atomic E-state index is 13.6. The summed E-state index contributed by atoms with van der Waals surface area (Å²) in [5.74, 6) is -0.288. The first-order valence-electron chi connectivity index (χ1n) is 10.9. The maximum Gasteiger partial charge on any atom is 0.237 e. The van der Waals surface area contributed by atoms with E-state index in [9.17, 15) is 9.59 Å². The lowest BCUT2D eigenvalue weighted by atomic mass is 9.82. The Morgan fingerprint density at radius 2 is 1.37 bits per heavy atom. The highest BCUT2D eigenvalue weighted by molar-refractivity contribution is 5.96. The fourth-order valence-electron chi connectivity index (χ4n) is 3.91. The SMILES string of the molecule is CCNC(CC)(CC)C(=O)C(Cc1ccccc1)NC(=O)C(N)Cc1ccccc1. The second-order valence-electron chi connectivity index (χ2n) is 7.73. The summed E-state index contributed by atoms with van der Waals surface area (Å²) >= 11 is 0. The molecule has 2 aromatic carbocycles. The number of rotatable bonds is 12. The minimum atomic E-state index is -0.713. The van der Waals surface area contributed by atoms with E-state index in [1.807, 2.05) is 81.4 Å². The van der Waals surface area contributed by atoms with Crippen molar-refractivity contribution in [2.45, 2.75) is 64.1 Å². The number of Topliss-reactive ketones (excluding diaryl/α,β-unsaturated/α-hetero) is 1. The van der Waals surface area contributed by atoms with Gasteiger partial charge in [0.15, 0.2) is 5.78 Å². The number of likely N-dealkylation sites (N-methyl/N-ethyl adjacent to an activating group) is 1. The van der Waals surface area contributed by atoms with Crippen molar-refractivity contribution >= 4 is 11.7 Å². The third kappa shape index (κ3) is 6.25. The first-order chi connectivity index (χ1) is 14.5. The number of hydrogen-bond acceptors (Lipinski definition) is 4. The maximum atomic E-state index is 13.6. The fourth-order valence-corrected chi connectivity index (χ4v) is 3.91. The Labute approximate surface area is 180 Å². The van der Waals surface area contributed by atoms with Crippen LogP contribution in [0.5, 0.6) is 0 Å². The molecule has 5 nitrogen and oxygen atoms in total. The van der Waals surface area contributed by atoms with Crippen molar-refractivity contribution in [3.63, 3.8) is 0 Å². The first-order valence-corrected chi connectivity index (χ1v) is 10.9. The lowest BCUT2D eigenvalue weighted by Crippen LogP contribution is -2.60. The highest BCUT2D eigenvalue weighted by atomic mass is 16.2. The zero-order chi connectivity index (χ0) is 22.0. The van der Waals surface area contributed by atoms with E-state index in [4.69, 9.17) is 5.73 Å². The molecule has 0 fully saturated rings. The van der Waals surface area contributed by atoms with E-state index >= 15 is 0 Å². The molecule has 0 saturated heterocycles. The van der Waals surface area contributed by atoms with Crippen molar-refractivity contribution in [3.05, 3.63) is 71.8 Å². The molecule has 0 spiro atoms. The molecular weight excluding hydrogens is 374 g/mol. The molecule has 1 amide bonds. The van der Waals surface area contributed by atoms with Crippen molar-refractivity contribution in [2.24, 2.45) is 5.73 Å². The average molecular weight is 410 g/mol. The largest absolute Gasteiger partial charge is 0.345 e. The van der Waals surface area contributed by atoms with Gasteiger partial charge in [0.05, 0.1) is 17.6 Å². The second-order valence-corrected chi connectivity index (χ2v) is 7.73. The van der Waals surface area contributed by atoms with Gasteiger partial charge in [0.2, 0.25) is 5.91 Å². The van der Waals surface area contributed by atoms with Gasteiger partial charge in [-0.15, -0.1) is 0 Å². The van der Waals surface area contributed by atoms with Gasteiger partial charge < -0.3 is 16.4 Å². The number of nitrogens with one attached hydrogen (secondary N) is 2. The van der Waals surface area contributed by atoms with Crippen LogP contribution >= 0.6 is 0 Å². The lowest BCUT2D eigenvalue weighted by molar-refractivity contribution is -0.132. The molecule has 0 heterocycles. The number of nitrogens with two attached hydrogens (primary N) is 1. The van der Waals surface area contributed by atoms with Crippen LogP contribution in [0.4, 0.5) is 0 Å². The third-order valence-electron chi connectivity index (χ3n) is 5.74. The summed E-state index contributed by atoms with van der Waals surface area (Å²) in [5, 5.41) is 6.34. The van der Waals surface area contributed by atoms with Gasteiger partial charge >= 0.3 is 0 Å². The zero-order valence-corrected chi connectivity index (χ0v) is 18.4. The number of amides is 1. The fraction of sp³-hybridized carbons (Fsp3) is 0.440. The van der Waals surface area contributed by atoms with Gasteiger partial charge in [0, 0.05) is 0 Å². The molecule has 0 bridgehead atoms. The number of benzene rings is 2. The Bertz CT molecular complexity index is 789. The van der Waals surface area contributed by atoms with Crippen LogP contribution in [0.2, 0.25) is 0 Å². The Morgan fingerprint density at radius 3 is 1.83 bits per heavy atom. The molecule has 5 heteroatoms. The number of ketones is 1. The van der Waals surface area contributed by atoms with E-state index in [0.29, 0.717) is 32.2 Å². The van der Waals surface area contributed by atoms with E-state index in [1.54, 1.807) is 0 Å². The van der Waals surface area contributed by atoms with Gasteiger partial charge in [-0.3, -0.25) is 9.59 Å². The topological polar surface area (TPSA) is 84.2 Å². The normalized spacial score (nSPS) is 13.5. The van der Waals surface area contributed by atoms with Crippen molar-refractivity contribution in [1.82, 2.24) is 10.6 Å². The molecule has 4 N–H and O–H groups in total. The Morgan fingerprint density at radius 1 is 0.867 bits per heavy atom. The van der Waals surface area contributed by atoms with Crippen molar-refractivity contribution in [2.75, 3.05) is 6.54 Å². The van der Waals surface area contributed by atoms with Crippen LogP contribution in [0.25, 0.3) is 0 Å². The smallest absolute Gasteiger partial charge is 0.237 e. The lowest BCUT2D eigenvalue weighted by Gasteiger charge is -2.35. The summed E-state index contributed by atoms with van der Waals surface area (Å²) in [6, 6.07) is 18.1. The van der Waals surface area contributed by atoms with Crippen molar-refractivity contribution in [1.29, 1.82) is 0 Å². The number of hydrogen-bond donors (Lipinski definition) is 3. The molecule has 0 saturated carbocycles. The molecule has 0 aliphatic carbocycles. The molecule has 0 aliphatic rings. The summed E-state index contributed by atoms with van der Waals surface area (Å²) < 4.78 is 0. The molecule has 2 rings (SSSR count). The van der Waals surface area contributed by atoms with Crippen molar-refractivity contribution in [3.8, 4) is 0 Å². The minimum absolute atomic E-state index is 0.0125. The molecule has 162 valence electrons. The quantitative estimate of drug-likeness (QED) is 0.503. The number of carbonyl (C=O) groups is 2. The van der Waals surface area contributed by atoms with Crippen LogP contribution in [0.15, 0.2) is 60.7 Å². The van der Waals surface area contributed by atoms with Crippen LogP contribution in [-0.2, 0) is 22.4 Å². The average Bonchev–Trinajstić information content (AvgIpc) is 2.78. The molecule has 0 aromatic heterocycles.